The Bertz CT molecular complexity index is 1100. The lowest BCUT2D eigenvalue weighted by Crippen LogP contribution is -2.29. The van der Waals surface area contributed by atoms with Gasteiger partial charge in [-0.15, -0.1) is 0 Å². The van der Waals surface area contributed by atoms with Crippen LogP contribution in [0.5, 0.6) is 5.75 Å². The maximum absolute atomic E-state index is 5.21. The van der Waals surface area contributed by atoms with Crippen molar-refractivity contribution in [3.63, 3.8) is 0 Å². The second-order valence-electron chi connectivity index (χ2n) is 8.19. The van der Waals surface area contributed by atoms with Gasteiger partial charge in [-0.2, -0.15) is 0 Å². The fraction of sp³-hybridized carbons (Fsp3) is 0.222. The number of hydrogen-bond donors (Lipinski definition) is 1. The van der Waals surface area contributed by atoms with E-state index in [1.165, 1.54) is 22.4 Å². The van der Waals surface area contributed by atoms with E-state index in [1.807, 2.05) is 30.5 Å². The summed E-state index contributed by atoms with van der Waals surface area (Å²) in [6, 6.07) is 23.6. The molecule has 0 aromatic heterocycles. The van der Waals surface area contributed by atoms with Crippen LogP contribution in [0.15, 0.2) is 83.9 Å². The van der Waals surface area contributed by atoms with E-state index in [0.29, 0.717) is 17.9 Å². The number of methoxy groups -OCH3 is 1. The average molecular weight is 395 g/mol. The van der Waals surface area contributed by atoms with Crippen LogP contribution in [0.2, 0.25) is 0 Å². The number of allylic oxidation sites excluding steroid dienone is 2. The molecule has 0 amide bonds. The number of hydrogen-bond acceptors (Lipinski definition) is 3. The van der Waals surface area contributed by atoms with Crippen molar-refractivity contribution < 1.29 is 4.74 Å². The number of benzene rings is 3. The molecule has 0 spiro atoms. The van der Waals surface area contributed by atoms with Gasteiger partial charge in [0.25, 0.3) is 0 Å². The largest absolute Gasteiger partial charge is 0.497 e. The van der Waals surface area contributed by atoms with Crippen LogP contribution >= 0.6 is 0 Å². The predicted molar refractivity (Wildman–Crippen MR) is 124 cm³/mol. The van der Waals surface area contributed by atoms with Crippen LogP contribution in [0.3, 0.4) is 0 Å². The Balaban J connectivity index is 1.36. The van der Waals surface area contributed by atoms with Crippen LogP contribution in [0.4, 0.5) is 11.4 Å². The summed E-state index contributed by atoms with van der Waals surface area (Å²) in [6.07, 6.45) is 7.75. The molecular formula is C27H26N2O. The zero-order valence-corrected chi connectivity index (χ0v) is 17.4. The fourth-order valence-electron chi connectivity index (χ4n) is 4.65. The summed E-state index contributed by atoms with van der Waals surface area (Å²) in [5.41, 5.74) is 7.37. The minimum Gasteiger partial charge on any atom is -0.497 e. The van der Waals surface area contributed by atoms with Gasteiger partial charge in [-0.3, -0.25) is 4.99 Å². The maximum atomic E-state index is 5.21. The quantitative estimate of drug-likeness (QED) is 0.400. The summed E-state index contributed by atoms with van der Waals surface area (Å²) in [5, 5.41) is 3.81. The highest BCUT2D eigenvalue weighted by molar-refractivity contribution is 5.82. The maximum Gasteiger partial charge on any atom is 0.118 e. The first-order chi connectivity index (χ1) is 14.7. The number of anilines is 1. The molecule has 3 nitrogen and oxygen atoms in total. The van der Waals surface area contributed by atoms with Crippen molar-refractivity contribution >= 4 is 17.6 Å². The molecule has 5 rings (SSSR count). The monoisotopic (exact) mass is 394 g/mol. The minimum absolute atomic E-state index is 0.319. The van der Waals surface area contributed by atoms with Gasteiger partial charge in [0.05, 0.1) is 18.8 Å². The molecule has 0 bridgehead atoms. The summed E-state index contributed by atoms with van der Waals surface area (Å²) in [5.74, 6) is 1.92. The van der Waals surface area contributed by atoms with E-state index in [2.05, 4.69) is 71.8 Å². The van der Waals surface area contributed by atoms with Gasteiger partial charge in [0.2, 0.25) is 0 Å². The number of fused-ring (bicyclic) bond motifs is 3. The molecular weight excluding hydrogens is 368 g/mol. The lowest BCUT2D eigenvalue weighted by Gasteiger charge is -2.37. The van der Waals surface area contributed by atoms with Crippen LogP contribution in [0.25, 0.3) is 0 Å². The average Bonchev–Trinajstić information content (AvgIpc) is 3.28. The Morgan fingerprint density at radius 3 is 2.57 bits per heavy atom. The number of aliphatic imine (C=N–C) groups is 1. The van der Waals surface area contributed by atoms with Gasteiger partial charge in [0, 0.05) is 17.8 Å². The third-order valence-corrected chi connectivity index (χ3v) is 6.25. The first-order valence-electron chi connectivity index (χ1n) is 10.5. The lowest BCUT2D eigenvalue weighted by molar-refractivity contribution is 0.415. The highest BCUT2D eigenvalue weighted by Gasteiger charge is 2.37. The lowest BCUT2D eigenvalue weighted by atomic mass is 9.76. The van der Waals surface area contributed by atoms with Crippen molar-refractivity contribution in [2.24, 2.45) is 10.9 Å². The molecule has 0 saturated heterocycles. The van der Waals surface area contributed by atoms with Gasteiger partial charge in [0.1, 0.15) is 5.75 Å². The third-order valence-electron chi connectivity index (χ3n) is 6.25. The van der Waals surface area contributed by atoms with Crippen LogP contribution in [-0.2, 0) is 0 Å². The van der Waals surface area contributed by atoms with Gasteiger partial charge in [-0.1, -0.05) is 42.0 Å². The van der Waals surface area contributed by atoms with E-state index >= 15 is 0 Å². The summed E-state index contributed by atoms with van der Waals surface area (Å²) in [6.45, 7) is 2.17. The molecule has 3 aromatic rings. The van der Waals surface area contributed by atoms with Crippen molar-refractivity contribution in [1.29, 1.82) is 0 Å². The van der Waals surface area contributed by atoms with Gasteiger partial charge in [0.15, 0.2) is 0 Å². The SMILES string of the molecule is COc1ccc(C=Nc2ccc([C@@H]3Nc4ccc(C)cc4[C@H]4C=CC[C@@H]43)cc2)cc1. The Morgan fingerprint density at radius 1 is 1.00 bits per heavy atom. The zero-order valence-electron chi connectivity index (χ0n) is 17.4. The van der Waals surface area contributed by atoms with Crippen molar-refractivity contribution in [3.8, 4) is 5.75 Å². The molecule has 1 heterocycles. The standard InChI is InChI=1S/C27H26N2O/c1-18-6-15-26-25(16-18)23-4-3-5-24(23)27(29-26)20-9-11-21(12-10-20)28-17-19-7-13-22(30-2)14-8-19/h3-4,6-17,23-24,27,29H,5H2,1-2H3/t23-,24-,27-/m0/s1. The zero-order chi connectivity index (χ0) is 20.5. The van der Waals surface area contributed by atoms with Gasteiger partial charge in [-0.25, -0.2) is 0 Å². The minimum atomic E-state index is 0.319. The normalized spacial score (nSPS) is 21.9. The van der Waals surface area contributed by atoms with E-state index in [9.17, 15) is 0 Å². The third kappa shape index (κ3) is 3.52. The number of ether oxygens (including phenoxy) is 1. The molecule has 1 N–H and O–H groups in total. The van der Waals surface area contributed by atoms with Gasteiger partial charge >= 0.3 is 0 Å². The Hall–Kier alpha value is -3.33. The Kier molecular flexibility index (Phi) is 4.88. The van der Waals surface area contributed by atoms with Crippen molar-refractivity contribution in [2.45, 2.75) is 25.3 Å². The smallest absolute Gasteiger partial charge is 0.118 e. The van der Waals surface area contributed by atoms with E-state index in [4.69, 9.17) is 4.74 Å². The van der Waals surface area contributed by atoms with Crippen LogP contribution in [0, 0.1) is 12.8 Å². The molecule has 3 atom stereocenters. The number of nitrogens with one attached hydrogen (secondary N) is 1. The first-order valence-corrected chi connectivity index (χ1v) is 10.5. The summed E-state index contributed by atoms with van der Waals surface area (Å²) in [4.78, 5) is 4.63. The fourth-order valence-corrected chi connectivity index (χ4v) is 4.65. The van der Waals surface area contributed by atoms with E-state index in [-0.39, 0.29) is 0 Å². The first kappa shape index (κ1) is 18.7. The summed E-state index contributed by atoms with van der Waals surface area (Å²) < 4.78 is 5.21. The molecule has 0 saturated carbocycles. The van der Waals surface area contributed by atoms with Crippen molar-refractivity contribution in [3.05, 3.63) is 101 Å². The Labute approximate surface area is 178 Å². The highest BCUT2D eigenvalue weighted by atomic mass is 16.5. The van der Waals surface area contributed by atoms with E-state index in [1.54, 1.807) is 7.11 Å². The van der Waals surface area contributed by atoms with Crippen LogP contribution in [-0.4, -0.2) is 13.3 Å². The topological polar surface area (TPSA) is 33.6 Å². The second-order valence-corrected chi connectivity index (χ2v) is 8.19. The molecule has 0 unspecified atom stereocenters. The highest BCUT2D eigenvalue weighted by Crippen LogP contribution is 2.50. The van der Waals surface area contributed by atoms with E-state index < -0.39 is 0 Å². The molecule has 0 radical (unpaired) electrons. The summed E-state index contributed by atoms with van der Waals surface area (Å²) >= 11 is 0. The van der Waals surface area contributed by atoms with E-state index in [0.717, 1.165) is 23.4 Å². The number of rotatable bonds is 4. The number of aryl methyl sites for hydroxylation is 1. The molecule has 2 aliphatic rings. The molecule has 150 valence electrons. The van der Waals surface area contributed by atoms with Crippen molar-refractivity contribution in [1.82, 2.24) is 0 Å². The number of nitrogens with zero attached hydrogens (tertiary/aromatic N) is 1. The molecule has 0 fully saturated rings. The van der Waals surface area contributed by atoms with Crippen LogP contribution in [0.1, 0.15) is 40.6 Å². The predicted octanol–water partition coefficient (Wildman–Crippen LogP) is 6.58. The van der Waals surface area contributed by atoms with Gasteiger partial charge in [-0.05, 0) is 78.4 Å². The molecule has 3 aromatic carbocycles. The summed E-state index contributed by atoms with van der Waals surface area (Å²) in [7, 11) is 1.68. The molecule has 3 heteroatoms. The van der Waals surface area contributed by atoms with Crippen molar-refractivity contribution in [2.75, 3.05) is 12.4 Å². The molecule has 30 heavy (non-hydrogen) atoms. The second kappa shape index (κ2) is 7.83. The molecule has 1 aliphatic carbocycles. The van der Waals surface area contributed by atoms with Crippen LogP contribution < -0.4 is 10.1 Å². The molecule has 1 aliphatic heterocycles. The van der Waals surface area contributed by atoms with Gasteiger partial charge < -0.3 is 10.1 Å². The Morgan fingerprint density at radius 2 is 1.80 bits per heavy atom.